The number of nitrogens with two attached hydrogens (primary N) is 2. The van der Waals surface area contributed by atoms with Crippen LogP contribution in [0.5, 0.6) is 0 Å². The van der Waals surface area contributed by atoms with Gasteiger partial charge in [0.05, 0.1) is 12.3 Å². The summed E-state index contributed by atoms with van der Waals surface area (Å²) in [5.41, 5.74) is 12.6. The number of benzene rings is 2. The van der Waals surface area contributed by atoms with Crippen molar-refractivity contribution in [3.8, 4) is 0 Å². The number of nitrogens with one attached hydrogen (secondary N) is 1. The molecule has 0 aliphatic heterocycles. The second-order valence-electron chi connectivity index (χ2n) is 7.39. The van der Waals surface area contributed by atoms with E-state index in [0.29, 0.717) is 22.8 Å². The van der Waals surface area contributed by atoms with Crippen LogP contribution in [0, 0.1) is 12.7 Å². The number of ether oxygens (including phenoxy) is 1. The largest absolute Gasteiger partial charge is 0.395 e. The molecule has 178 valence electrons. The molecule has 0 aliphatic carbocycles. The summed E-state index contributed by atoms with van der Waals surface area (Å²) >= 11 is 0.708. The minimum absolute atomic E-state index is 0.0498. The lowest BCUT2D eigenvalue weighted by Gasteiger charge is -2.31. The Bertz CT molecular complexity index is 1180. The molecule has 3 amide bonds. The Morgan fingerprint density at radius 2 is 1.79 bits per heavy atom. The summed E-state index contributed by atoms with van der Waals surface area (Å²) in [7, 11) is 1.49. The highest BCUT2D eigenvalue weighted by molar-refractivity contribution is 7.09. The van der Waals surface area contributed by atoms with Gasteiger partial charge in [-0.1, -0.05) is 29.8 Å². The van der Waals surface area contributed by atoms with Gasteiger partial charge in [-0.05, 0) is 48.3 Å². The summed E-state index contributed by atoms with van der Waals surface area (Å²) in [6.45, 7) is 2.33. The summed E-state index contributed by atoms with van der Waals surface area (Å²) in [6, 6.07) is 11.0. The van der Waals surface area contributed by atoms with E-state index in [1.54, 1.807) is 24.3 Å². The zero-order valence-electron chi connectivity index (χ0n) is 18.6. The van der Waals surface area contributed by atoms with Gasteiger partial charge in [0, 0.05) is 19.3 Å². The molecule has 0 radical (unpaired) electrons. The van der Waals surface area contributed by atoms with Crippen LogP contribution in [0.2, 0.25) is 0 Å². The lowest BCUT2D eigenvalue weighted by Crippen LogP contribution is -2.44. The van der Waals surface area contributed by atoms with Crippen LogP contribution in [0.3, 0.4) is 0 Å². The molecular weight excluding hydrogens is 461 g/mol. The molecule has 1 atom stereocenters. The van der Waals surface area contributed by atoms with Crippen LogP contribution in [0.15, 0.2) is 48.5 Å². The topological polar surface area (TPSA) is 141 Å². The van der Waals surface area contributed by atoms with Crippen LogP contribution in [0.25, 0.3) is 0 Å². The number of anilines is 2. The third kappa shape index (κ3) is 5.38. The van der Waals surface area contributed by atoms with Crippen molar-refractivity contribution in [2.24, 2.45) is 5.73 Å². The second-order valence-corrected chi connectivity index (χ2v) is 8.16. The van der Waals surface area contributed by atoms with Crippen molar-refractivity contribution in [3.05, 3.63) is 76.0 Å². The van der Waals surface area contributed by atoms with Gasteiger partial charge in [0.25, 0.3) is 11.8 Å². The molecule has 2 aromatic carbocycles. The summed E-state index contributed by atoms with van der Waals surface area (Å²) < 4.78 is 22.6. The van der Waals surface area contributed by atoms with Gasteiger partial charge in [-0.2, -0.15) is 4.37 Å². The van der Waals surface area contributed by atoms with Crippen LogP contribution < -0.4 is 21.7 Å². The fraction of sp³-hybridized carbons (Fsp3) is 0.217. The molecule has 0 aliphatic rings. The van der Waals surface area contributed by atoms with Gasteiger partial charge in [0.1, 0.15) is 16.7 Å². The first-order valence-electron chi connectivity index (χ1n) is 10.2. The van der Waals surface area contributed by atoms with Crippen molar-refractivity contribution in [1.29, 1.82) is 0 Å². The monoisotopic (exact) mass is 485 g/mol. The molecule has 0 unspecified atom stereocenters. The molecule has 1 heterocycles. The maximum Gasteiger partial charge on any atom is 0.273 e. The number of hydrogen-bond acceptors (Lipinski definition) is 7. The molecule has 1 aromatic heterocycles. The molecule has 0 fully saturated rings. The Kier molecular flexibility index (Phi) is 7.92. The van der Waals surface area contributed by atoms with Crippen molar-refractivity contribution in [2.75, 3.05) is 30.9 Å². The zero-order valence-corrected chi connectivity index (χ0v) is 19.4. The van der Waals surface area contributed by atoms with Crippen LogP contribution in [0.4, 0.5) is 15.8 Å². The first kappa shape index (κ1) is 24.8. The number of nitrogen functional groups attached to an aromatic ring is 1. The number of carbonyl (C=O) groups excluding carboxylic acids is 3. The Morgan fingerprint density at radius 1 is 1.15 bits per heavy atom. The number of methoxy groups -OCH3 is 1. The van der Waals surface area contributed by atoms with Gasteiger partial charge < -0.3 is 21.5 Å². The quantitative estimate of drug-likeness (QED) is 0.398. The highest BCUT2D eigenvalue weighted by Crippen LogP contribution is 2.33. The Hall–Kier alpha value is -3.83. The fourth-order valence-electron chi connectivity index (χ4n) is 3.26. The lowest BCUT2D eigenvalue weighted by molar-refractivity contribution is -0.122. The Balaban J connectivity index is 2.16. The molecule has 0 bridgehead atoms. The van der Waals surface area contributed by atoms with E-state index < -0.39 is 29.6 Å². The average molecular weight is 486 g/mol. The van der Waals surface area contributed by atoms with Gasteiger partial charge in [0.15, 0.2) is 5.69 Å². The van der Waals surface area contributed by atoms with E-state index in [9.17, 15) is 18.8 Å². The van der Waals surface area contributed by atoms with Gasteiger partial charge in [-0.3, -0.25) is 19.3 Å². The number of aryl methyl sites for hydroxylation is 1. The van der Waals surface area contributed by atoms with Crippen molar-refractivity contribution < 1.29 is 23.5 Å². The standard InChI is InChI=1S/C23H24FN5O4S/c1-13-3-9-16(10-4-13)29(23(32)20-17(25)18(21(26)30)28-34-20)19(22(31)27-11-12-33-2)14-5-7-15(24)8-6-14/h3-10,19H,11-12,25H2,1-2H3,(H2,26,30)(H,27,31)/t19-/m1/s1. The van der Waals surface area contributed by atoms with Crippen LogP contribution >= 0.6 is 11.5 Å². The molecule has 0 saturated heterocycles. The van der Waals surface area contributed by atoms with Crippen molar-refractivity contribution in [1.82, 2.24) is 9.69 Å². The van der Waals surface area contributed by atoms with E-state index in [1.807, 2.05) is 6.92 Å². The van der Waals surface area contributed by atoms with Crippen molar-refractivity contribution in [3.63, 3.8) is 0 Å². The van der Waals surface area contributed by atoms with E-state index >= 15 is 0 Å². The maximum atomic E-state index is 13.8. The predicted molar refractivity (Wildman–Crippen MR) is 127 cm³/mol. The van der Waals surface area contributed by atoms with Crippen LogP contribution in [0.1, 0.15) is 37.3 Å². The summed E-state index contributed by atoms with van der Waals surface area (Å²) in [4.78, 5) is 40.0. The molecule has 34 heavy (non-hydrogen) atoms. The first-order chi connectivity index (χ1) is 16.2. The van der Waals surface area contributed by atoms with E-state index in [0.717, 1.165) is 5.56 Å². The number of aromatic nitrogens is 1. The number of nitrogens with zero attached hydrogens (tertiary/aromatic N) is 2. The van der Waals surface area contributed by atoms with E-state index in [2.05, 4.69) is 9.69 Å². The summed E-state index contributed by atoms with van der Waals surface area (Å²) in [5.74, 6) is -2.55. The van der Waals surface area contributed by atoms with Gasteiger partial charge in [-0.15, -0.1) is 0 Å². The number of primary amides is 1. The maximum absolute atomic E-state index is 13.8. The second kappa shape index (κ2) is 10.9. The average Bonchev–Trinajstić information content (AvgIpc) is 3.20. The number of amides is 3. The number of hydrogen-bond donors (Lipinski definition) is 3. The van der Waals surface area contributed by atoms with E-state index in [-0.39, 0.29) is 29.4 Å². The lowest BCUT2D eigenvalue weighted by atomic mass is 10.0. The SMILES string of the molecule is COCCNC(=O)[C@@H](c1ccc(F)cc1)N(C(=O)c1snc(C(N)=O)c1N)c1ccc(C)cc1. The van der Waals surface area contributed by atoms with E-state index in [4.69, 9.17) is 16.2 Å². The molecule has 9 nitrogen and oxygen atoms in total. The molecule has 11 heteroatoms. The van der Waals surface area contributed by atoms with Crippen LogP contribution in [-0.4, -0.2) is 42.4 Å². The van der Waals surface area contributed by atoms with Gasteiger partial charge >= 0.3 is 0 Å². The molecule has 0 spiro atoms. The molecule has 5 N–H and O–H groups in total. The van der Waals surface area contributed by atoms with Crippen LogP contribution in [-0.2, 0) is 9.53 Å². The highest BCUT2D eigenvalue weighted by atomic mass is 32.1. The Morgan fingerprint density at radius 3 is 2.35 bits per heavy atom. The predicted octanol–water partition coefficient (Wildman–Crippen LogP) is 2.42. The summed E-state index contributed by atoms with van der Waals surface area (Å²) in [6.07, 6.45) is 0. The van der Waals surface area contributed by atoms with Crippen molar-refractivity contribution in [2.45, 2.75) is 13.0 Å². The minimum atomic E-state index is -1.19. The molecule has 3 rings (SSSR count). The third-order valence-corrected chi connectivity index (χ3v) is 5.84. The third-order valence-electron chi connectivity index (χ3n) is 4.98. The molecule has 0 saturated carbocycles. The van der Waals surface area contributed by atoms with Gasteiger partial charge in [0.2, 0.25) is 5.91 Å². The normalized spacial score (nSPS) is 11.6. The smallest absolute Gasteiger partial charge is 0.273 e. The first-order valence-corrected chi connectivity index (χ1v) is 11.0. The highest BCUT2D eigenvalue weighted by Gasteiger charge is 2.36. The Labute approximate surface area is 199 Å². The minimum Gasteiger partial charge on any atom is -0.395 e. The zero-order chi connectivity index (χ0) is 24.8. The van der Waals surface area contributed by atoms with Crippen molar-refractivity contribution >= 4 is 40.6 Å². The van der Waals surface area contributed by atoms with E-state index in [1.165, 1.54) is 36.3 Å². The van der Waals surface area contributed by atoms with Gasteiger partial charge in [-0.25, -0.2) is 4.39 Å². The fourth-order valence-corrected chi connectivity index (χ4v) is 4.01. The number of halogens is 1. The number of carbonyl (C=O) groups is 3. The molecule has 3 aromatic rings. The summed E-state index contributed by atoms with van der Waals surface area (Å²) in [5, 5.41) is 2.73. The molecular formula is C23H24FN5O4S. The number of rotatable bonds is 9.